The highest BCUT2D eigenvalue weighted by atomic mass is 16.8. The lowest BCUT2D eigenvalue weighted by molar-refractivity contribution is -0.379. The van der Waals surface area contributed by atoms with Crippen LogP contribution in [0.5, 0.6) is 0 Å². The summed E-state index contributed by atoms with van der Waals surface area (Å²) in [6.45, 7) is 1.77. The Hall–Kier alpha value is -2.51. The first kappa shape index (κ1) is 106. The zero-order valence-electron chi connectivity index (χ0n) is 72.3. The molecular formula is C95H175NO18. The zero-order valence-corrected chi connectivity index (χ0v) is 72.3. The third kappa shape index (κ3) is 52.0. The van der Waals surface area contributed by atoms with Crippen molar-refractivity contribution in [3.05, 3.63) is 60.8 Å². The van der Waals surface area contributed by atoms with Gasteiger partial charge in [0, 0.05) is 6.42 Å². The number of unbranched alkanes of at least 4 members (excludes halogenated alkanes) is 54. The van der Waals surface area contributed by atoms with Crippen molar-refractivity contribution >= 4 is 5.91 Å². The quantitative estimate of drug-likeness (QED) is 0.0199. The molecule has 0 spiro atoms. The van der Waals surface area contributed by atoms with Gasteiger partial charge in [-0.2, -0.15) is 0 Å². The van der Waals surface area contributed by atoms with Gasteiger partial charge in [0.05, 0.1) is 38.6 Å². The third-order valence-corrected chi connectivity index (χ3v) is 23.5. The first-order chi connectivity index (χ1) is 55.8. The van der Waals surface area contributed by atoms with Gasteiger partial charge in [-0.15, -0.1) is 0 Å². The highest BCUT2D eigenvalue weighted by molar-refractivity contribution is 5.76. The number of rotatable bonds is 78. The Morgan fingerprint density at radius 1 is 0.316 bits per heavy atom. The Labute approximate surface area is 694 Å². The van der Waals surface area contributed by atoms with E-state index in [1.165, 1.54) is 321 Å². The van der Waals surface area contributed by atoms with Gasteiger partial charge in [-0.05, 0) is 70.6 Å². The summed E-state index contributed by atoms with van der Waals surface area (Å²) in [7, 11) is 0. The number of aliphatic hydroxyl groups is 11. The minimum Gasteiger partial charge on any atom is -0.394 e. The normalized spacial score (nSPS) is 24.9. The van der Waals surface area contributed by atoms with Gasteiger partial charge < -0.3 is 89.9 Å². The van der Waals surface area contributed by atoms with E-state index >= 15 is 0 Å². The average molecular weight is 1620 g/mol. The smallest absolute Gasteiger partial charge is 0.220 e. The second-order valence-electron chi connectivity index (χ2n) is 33.8. The number of nitrogens with one attached hydrogen (secondary N) is 1. The lowest BCUT2D eigenvalue weighted by Gasteiger charge is -2.48. The summed E-state index contributed by atoms with van der Waals surface area (Å²) in [6.07, 6.45) is 72.5. The molecule has 12 N–H and O–H groups in total. The monoisotopic (exact) mass is 1620 g/mol. The van der Waals surface area contributed by atoms with Crippen molar-refractivity contribution in [2.24, 2.45) is 0 Å². The van der Waals surface area contributed by atoms with Gasteiger partial charge in [0.1, 0.15) is 73.2 Å². The van der Waals surface area contributed by atoms with Crippen LogP contribution in [0.25, 0.3) is 0 Å². The van der Waals surface area contributed by atoms with Crippen molar-refractivity contribution in [1.29, 1.82) is 0 Å². The molecule has 3 fully saturated rings. The predicted molar refractivity (Wildman–Crippen MR) is 462 cm³/mol. The summed E-state index contributed by atoms with van der Waals surface area (Å²) >= 11 is 0. The molecule has 3 aliphatic heterocycles. The molecule has 0 saturated carbocycles. The molecule has 3 aliphatic rings. The van der Waals surface area contributed by atoms with E-state index in [4.69, 9.17) is 28.4 Å². The number of ether oxygens (including phenoxy) is 6. The second-order valence-corrected chi connectivity index (χ2v) is 33.8. The number of amides is 1. The zero-order chi connectivity index (χ0) is 82.4. The maximum absolute atomic E-state index is 13.5. The Balaban J connectivity index is 1.31. The summed E-state index contributed by atoms with van der Waals surface area (Å²) in [5.41, 5.74) is 0. The molecule has 0 radical (unpaired) electrons. The predicted octanol–water partition coefficient (Wildman–Crippen LogP) is 18.9. The average Bonchev–Trinajstić information content (AvgIpc) is 0.783. The molecule has 17 atom stereocenters. The Morgan fingerprint density at radius 2 is 0.588 bits per heavy atom. The van der Waals surface area contributed by atoms with E-state index in [0.29, 0.717) is 12.8 Å². The van der Waals surface area contributed by atoms with Crippen molar-refractivity contribution in [1.82, 2.24) is 5.32 Å². The van der Waals surface area contributed by atoms with Crippen LogP contribution < -0.4 is 5.32 Å². The number of allylic oxidation sites excluding steroid dienone is 9. The van der Waals surface area contributed by atoms with Crippen LogP contribution in [0.1, 0.15) is 406 Å². The molecular weight excluding hydrogens is 1440 g/mol. The third-order valence-electron chi connectivity index (χ3n) is 23.5. The van der Waals surface area contributed by atoms with E-state index in [2.05, 4.69) is 67.8 Å². The Morgan fingerprint density at radius 3 is 0.939 bits per heavy atom. The number of hydrogen-bond acceptors (Lipinski definition) is 18. The molecule has 17 unspecified atom stereocenters. The minimum atomic E-state index is -1.98. The maximum Gasteiger partial charge on any atom is 0.220 e. The topological polar surface area (TPSA) is 307 Å². The van der Waals surface area contributed by atoms with Gasteiger partial charge in [-0.25, -0.2) is 0 Å². The van der Waals surface area contributed by atoms with Gasteiger partial charge in [-0.3, -0.25) is 4.79 Å². The molecule has 0 aromatic carbocycles. The Bertz CT molecular complexity index is 2290. The van der Waals surface area contributed by atoms with Crippen LogP contribution in [-0.2, 0) is 33.2 Å². The highest BCUT2D eigenvalue weighted by Crippen LogP contribution is 2.34. The summed E-state index contributed by atoms with van der Waals surface area (Å²) in [4.78, 5) is 13.5. The first-order valence-corrected chi connectivity index (χ1v) is 47.5. The maximum atomic E-state index is 13.5. The van der Waals surface area contributed by atoms with Crippen LogP contribution in [0.15, 0.2) is 60.8 Å². The van der Waals surface area contributed by atoms with Crippen LogP contribution in [-0.4, -0.2) is 193 Å². The number of hydrogen-bond donors (Lipinski definition) is 12. The van der Waals surface area contributed by atoms with E-state index in [1.54, 1.807) is 6.08 Å². The van der Waals surface area contributed by atoms with Gasteiger partial charge in [0.15, 0.2) is 18.9 Å². The van der Waals surface area contributed by atoms with E-state index < -0.39 is 124 Å². The molecule has 3 saturated heterocycles. The van der Waals surface area contributed by atoms with E-state index in [-0.39, 0.29) is 18.9 Å². The molecule has 0 aromatic rings. The summed E-state index contributed by atoms with van der Waals surface area (Å²) in [6, 6.07) is -0.993. The van der Waals surface area contributed by atoms with Gasteiger partial charge in [0.25, 0.3) is 0 Å². The largest absolute Gasteiger partial charge is 0.394 e. The van der Waals surface area contributed by atoms with Gasteiger partial charge in [0.2, 0.25) is 5.91 Å². The minimum absolute atomic E-state index is 0.238. The molecule has 3 heterocycles. The molecule has 19 nitrogen and oxygen atoms in total. The number of carbonyl (C=O) groups is 1. The Kier molecular flexibility index (Phi) is 68.9. The lowest BCUT2D eigenvalue weighted by Crippen LogP contribution is -2.66. The summed E-state index contributed by atoms with van der Waals surface area (Å²) in [5.74, 6) is -0.278. The standard InChI is InChI=1S/C95H175NO18/c1-3-5-7-9-11-13-15-17-19-21-23-25-27-29-31-33-35-36-37-38-39-40-41-42-43-45-47-49-51-53-55-57-59-61-63-65-67-69-71-73-83(101)96-78(79(100)72-70-68-66-64-62-60-58-56-54-52-50-48-46-44-34-32-30-28-26-24-22-20-18-16-14-12-10-8-6-4-2)77-109-93-89(107)86(104)91(81(75-98)111-93)114-95-90(108)87(105)92(82(76-99)112-95)113-94-88(106)85(103)84(102)80(74-97)110-94/h15,17,21,23,27,29,62,64,70,72,78-82,84-95,97-100,102-108H,3-14,16,18-20,22,24-26,28,30-61,63,65-69,71,73-77H2,1-2H3,(H,96,101)/b17-15-,23-21-,29-27-,64-62+,72-70+. The van der Waals surface area contributed by atoms with Gasteiger partial charge in [-0.1, -0.05) is 389 Å². The van der Waals surface area contributed by atoms with Crippen molar-refractivity contribution in [3.63, 3.8) is 0 Å². The molecule has 0 aliphatic carbocycles. The first-order valence-electron chi connectivity index (χ1n) is 47.5. The van der Waals surface area contributed by atoms with Gasteiger partial charge >= 0.3 is 0 Å². The summed E-state index contributed by atoms with van der Waals surface area (Å²) in [5, 5.41) is 121. The molecule has 114 heavy (non-hydrogen) atoms. The molecule has 0 aromatic heterocycles. The fraction of sp³-hybridized carbons (Fsp3) is 0.884. The fourth-order valence-corrected chi connectivity index (χ4v) is 16.0. The SMILES string of the molecule is CCCCCCC/C=C\C/C=C\C/C=C\CCCCCCCCCCCCCCCCCCCCCCCCCCC(=O)NC(COC1OC(CO)C(OC2OC(CO)C(OC3OC(CO)C(O)C(O)C3O)C(O)C2O)C(O)C1O)C(O)/C=C/CC/C=C/CCCCCCCCCCCCCCCCCCCCCCCCCC. The lowest BCUT2D eigenvalue weighted by atomic mass is 9.96. The fourth-order valence-electron chi connectivity index (χ4n) is 16.0. The molecule has 1 amide bonds. The van der Waals surface area contributed by atoms with Crippen molar-refractivity contribution < 1.29 is 89.4 Å². The van der Waals surface area contributed by atoms with Crippen LogP contribution in [0.4, 0.5) is 0 Å². The highest BCUT2D eigenvalue weighted by Gasteiger charge is 2.54. The van der Waals surface area contributed by atoms with Crippen LogP contribution in [0.2, 0.25) is 0 Å². The second kappa shape index (κ2) is 74.3. The van der Waals surface area contributed by atoms with E-state index in [0.717, 1.165) is 51.4 Å². The number of aliphatic hydroxyl groups excluding tert-OH is 11. The molecule has 3 rings (SSSR count). The molecule has 668 valence electrons. The van der Waals surface area contributed by atoms with Crippen LogP contribution in [0, 0.1) is 0 Å². The number of carbonyl (C=O) groups excluding carboxylic acids is 1. The van der Waals surface area contributed by atoms with Crippen LogP contribution in [0.3, 0.4) is 0 Å². The van der Waals surface area contributed by atoms with Crippen LogP contribution >= 0.6 is 0 Å². The van der Waals surface area contributed by atoms with Crippen molar-refractivity contribution in [2.75, 3.05) is 26.4 Å². The van der Waals surface area contributed by atoms with E-state index in [9.17, 15) is 61.0 Å². The van der Waals surface area contributed by atoms with Crippen molar-refractivity contribution in [2.45, 2.75) is 510 Å². The molecule has 0 bridgehead atoms. The van der Waals surface area contributed by atoms with E-state index in [1.807, 2.05) is 6.08 Å². The van der Waals surface area contributed by atoms with Crippen molar-refractivity contribution in [3.8, 4) is 0 Å². The molecule has 19 heteroatoms. The summed E-state index contributed by atoms with van der Waals surface area (Å²) < 4.78 is 34.5.